The number of hydrogen-bond acceptors (Lipinski definition) is 3. The molecule has 1 aliphatic heterocycles. The number of nitrogens with zero attached hydrogens (tertiary/aromatic N) is 3. The maximum absolute atomic E-state index is 9.23. The van der Waals surface area contributed by atoms with E-state index in [4.69, 9.17) is 10.3 Å². The summed E-state index contributed by atoms with van der Waals surface area (Å²) in [6.45, 7) is 11.5. The second-order valence-electron chi connectivity index (χ2n) is 9.24. The van der Waals surface area contributed by atoms with Gasteiger partial charge < -0.3 is 9.84 Å². The molecule has 144 valence electrons. The van der Waals surface area contributed by atoms with Crippen molar-refractivity contribution < 1.29 is 9.84 Å². The number of azide groups is 1. The Balaban J connectivity index is 0.000000137. The zero-order chi connectivity index (χ0) is 18.6. The van der Waals surface area contributed by atoms with Crippen LogP contribution in [0.25, 0.3) is 10.4 Å². The molecular weight excluding hydrogens is 314 g/mol. The molecule has 0 aromatic heterocycles. The Kier molecular flexibility index (Phi) is 7.60. The minimum atomic E-state index is -0.411. The highest BCUT2D eigenvalue weighted by atomic mass is 16.6. The first-order chi connectivity index (χ1) is 11.8. The molecule has 0 aromatic carbocycles. The van der Waals surface area contributed by atoms with E-state index in [1.807, 2.05) is 0 Å². The smallest absolute Gasteiger partial charge is 0.0844 e. The van der Waals surface area contributed by atoms with Gasteiger partial charge in [0, 0.05) is 4.91 Å². The van der Waals surface area contributed by atoms with Gasteiger partial charge in [0.05, 0.1) is 24.4 Å². The monoisotopic (exact) mass is 351 g/mol. The zero-order valence-electron chi connectivity index (χ0n) is 16.6. The maximum atomic E-state index is 9.23. The Morgan fingerprint density at radius 2 is 1.28 bits per heavy atom. The highest BCUT2D eigenvalue weighted by molar-refractivity contribution is 4.94. The summed E-state index contributed by atoms with van der Waals surface area (Å²) in [4.78, 5) is 2.67. The quantitative estimate of drug-likeness (QED) is 0.300. The highest BCUT2D eigenvalue weighted by Crippen LogP contribution is 2.41. The lowest BCUT2D eigenvalue weighted by molar-refractivity contribution is 0.162. The summed E-state index contributed by atoms with van der Waals surface area (Å²) >= 11 is 0. The largest absolute Gasteiger partial charge is 0.393 e. The fraction of sp³-hybridized carbons (Fsp3) is 1.00. The lowest BCUT2D eigenvalue weighted by Gasteiger charge is -2.04. The average Bonchev–Trinajstić information content (AvgIpc) is 2.82. The van der Waals surface area contributed by atoms with E-state index < -0.39 is 6.10 Å². The normalized spacial score (nSPS) is 44.7. The van der Waals surface area contributed by atoms with Gasteiger partial charge in [-0.15, -0.1) is 0 Å². The molecule has 25 heavy (non-hydrogen) atoms. The molecule has 3 unspecified atom stereocenters. The lowest BCUT2D eigenvalue weighted by Crippen LogP contribution is -2.15. The fourth-order valence-electron chi connectivity index (χ4n) is 4.74. The molecule has 4 aliphatic rings. The molecule has 5 heteroatoms. The minimum absolute atomic E-state index is 0.181. The van der Waals surface area contributed by atoms with Crippen LogP contribution in [0.3, 0.4) is 0 Å². The molecule has 1 heterocycles. The van der Waals surface area contributed by atoms with Crippen LogP contribution in [-0.2, 0) is 4.74 Å². The van der Waals surface area contributed by atoms with Gasteiger partial charge in [-0.1, -0.05) is 39.7 Å². The summed E-state index contributed by atoms with van der Waals surface area (Å²) in [6.07, 6.45) is 8.13. The van der Waals surface area contributed by atoms with Crippen molar-refractivity contribution in [3.63, 3.8) is 0 Å². The second kappa shape index (κ2) is 9.25. The van der Waals surface area contributed by atoms with Crippen LogP contribution in [0, 0.1) is 29.6 Å². The molecule has 0 amide bonds. The van der Waals surface area contributed by atoms with E-state index in [2.05, 4.69) is 44.6 Å². The van der Waals surface area contributed by atoms with Gasteiger partial charge in [-0.3, -0.25) is 0 Å². The van der Waals surface area contributed by atoms with E-state index >= 15 is 0 Å². The highest BCUT2D eigenvalue weighted by Gasteiger charge is 2.46. The summed E-state index contributed by atoms with van der Waals surface area (Å²) < 4.78 is 5.22. The molecule has 1 saturated heterocycles. The Bertz CT molecular complexity index is 446. The maximum Gasteiger partial charge on any atom is 0.0844 e. The third-order valence-electron chi connectivity index (χ3n) is 6.41. The molecule has 3 saturated carbocycles. The van der Waals surface area contributed by atoms with Gasteiger partial charge in [0.25, 0.3) is 0 Å². The number of aliphatic hydroxyl groups excluding tert-OH is 1. The van der Waals surface area contributed by atoms with Gasteiger partial charge in [-0.05, 0) is 73.6 Å². The SMILES string of the molecule is CC1CC2OC2C1.CC1C[C@H](C)[C@@H](C)C1.CC1C[C@H](N=[N+]=[N-])[C@@H](O)C1. The topological polar surface area (TPSA) is 81.5 Å². The van der Waals surface area contributed by atoms with Gasteiger partial charge in [0.2, 0.25) is 0 Å². The van der Waals surface area contributed by atoms with Crippen LogP contribution in [0.1, 0.15) is 73.1 Å². The van der Waals surface area contributed by atoms with Crippen molar-refractivity contribution in [1.29, 1.82) is 0 Å². The molecule has 7 atom stereocenters. The van der Waals surface area contributed by atoms with Crippen molar-refractivity contribution in [3.8, 4) is 0 Å². The number of aliphatic hydroxyl groups is 1. The number of ether oxygens (including phenoxy) is 1. The van der Waals surface area contributed by atoms with E-state index in [1.165, 1.54) is 25.7 Å². The van der Waals surface area contributed by atoms with E-state index in [9.17, 15) is 5.11 Å². The van der Waals surface area contributed by atoms with Crippen molar-refractivity contribution in [2.45, 2.75) is 97.5 Å². The molecule has 5 nitrogen and oxygen atoms in total. The molecule has 3 aliphatic carbocycles. The minimum Gasteiger partial charge on any atom is -0.393 e. The summed E-state index contributed by atoms with van der Waals surface area (Å²) in [6, 6.07) is -0.181. The Hall–Kier alpha value is -0.770. The third-order valence-corrected chi connectivity index (χ3v) is 6.41. The van der Waals surface area contributed by atoms with Crippen molar-refractivity contribution in [2.24, 2.45) is 34.7 Å². The summed E-state index contributed by atoms with van der Waals surface area (Å²) in [5, 5.41) is 12.7. The van der Waals surface area contributed by atoms with Crippen LogP contribution >= 0.6 is 0 Å². The molecule has 0 aromatic rings. The van der Waals surface area contributed by atoms with E-state index in [0.717, 1.165) is 36.5 Å². The third kappa shape index (κ3) is 6.47. The second-order valence-corrected chi connectivity index (χ2v) is 9.24. The van der Waals surface area contributed by atoms with E-state index in [0.29, 0.717) is 18.1 Å². The van der Waals surface area contributed by atoms with Crippen LogP contribution in [-0.4, -0.2) is 29.5 Å². The Morgan fingerprint density at radius 1 is 0.800 bits per heavy atom. The fourth-order valence-corrected chi connectivity index (χ4v) is 4.74. The first-order valence-electron chi connectivity index (χ1n) is 10.2. The Labute approximate surface area is 153 Å². The van der Waals surface area contributed by atoms with Crippen molar-refractivity contribution in [3.05, 3.63) is 10.4 Å². The summed E-state index contributed by atoms with van der Waals surface area (Å²) in [5.41, 5.74) is 8.08. The number of rotatable bonds is 1. The van der Waals surface area contributed by atoms with Gasteiger partial charge in [0.1, 0.15) is 0 Å². The first kappa shape index (κ1) is 20.5. The molecule has 0 radical (unpaired) electrons. The first-order valence-corrected chi connectivity index (χ1v) is 10.2. The summed E-state index contributed by atoms with van der Waals surface area (Å²) in [5.74, 6) is 4.42. The summed E-state index contributed by atoms with van der Waals surface area (Å²) in [7, 11) is 0. The van der Waals surface area contributed by atoms with Crippen LogP contribution in [0.4, 0.5) is 0 Å². The molecule has 0 spiro atoms. The molecule has 4 rings (SSSR count). The molecular formula is C20H37N3O2. The van der Waals surface area contributed by atoms with Crippen LogP contribution in [0.5, 0.6) is 0 Å². The van der Waals surface area contributed by atoms with Crippen molar-refractivity contribution >= 4 is 0 Å². The van der Waals surface area contributed by atoms with Gasteiger partial charge >= 0.3 is 0 Å². The van der Waals surface area contributed by atoms with Crippen molar-refractivity contribution in [2.75, 3.05) is 0 Å². The number of hydrogen-bond donors (Lipinski definition) is 1. The Morgan fingerprint density at radius 3 is 1.56 bits per heavy atom. The van der Waals surface area contributed by atoms with Gasteiger partial charge in [-0.2, -0.15) is 0 Å². The standard InChI is InChI=1S/C8H16.C6H11N3O.C6H10O/c1-6-4-7(2)8(3)5-6;1-4-2-5(8-9-7)6(10)3-4;1-4-2-5-6(3-4)7-5/h6-8H,4-5H2,1-3H3;4-6,10H,2-3H2,1H3;4-6H,2-3H2,1H3/t7-,8-;4?,5-,6-;/m00./s1. The average molecular weight is 352 g/mol. The van der Waals surface area contributed by atoms with E-state index in [1.54, 1.807) is 0 Å². The number of epoxide rings is 1. The van der Waals surface area contributed by atoms with Crippen molar-refractivity contribution in [1.82, 2.24) is 0 Å². The van der Waals surface area contributed by atoms with Crippen LogP contribution in [0.15, 0.2) is 5.11 Å². The van der Waals surface area contributed by atoms with E-state index in [-0.39, 0.29) is 6.04 Å². The molecule has 4 fully saturated rings. The predicted molar refractivity (Wildman–Crippen MR) is 101 cm³/mol. The number of fused-ring (bicyclic) bond motifs is 1. The van der Waals surface area contributed by atoms with Gasteiger partial charge in [0.15, 0.2) is 0 Å². The van der Waals surface area contributed by atoms with Gasteiger partial charge in [-0.25, -0.2) is 0 Å². The lowest BCUT2D eigenvalue weighted by atomic mass is 10.0. The van der Waals surface area contributed by atoms with Crippen LogP contribution < -0.4 is 0 Å². The molecule has 1 N–H and O–H groups in total. The predicted octanol–water partition coefficient (Wildman–Crippen LogP) is 5.33. The molecule has 0 bridgehead atoms. The zero-order valence-corrected chi connectivity index (χ0v) is 16.6. The van der Waals surface area contributed by atoms with Crippen LogP contribution in [0.2, 0.25) is 0 Å².